The zero-order chi connectivity index (χ0) is 29.5. The number of carbonyl (C=O) groups is 1. The second-order valence-electron chi connectivity index (χ2n) is 10.8. The molecule has 0 radical (unpaired) electrons. The van der Waals surface area contributed by atoms with E-state index in [1.165, 1.54) is 6.20 Å². The summed E-state index contributed by atoms with van der Waals surface area (Å²) in [5, 5.41) is 32.8. The monoisotopic (exact) mass is 594 g/mol. The Hall–Kier alpha value is -4.26. The standard InChI is InChI=1S/C29H31ClN6O6/c1-35-6-3-16(4-7-35)36-13-15-8-21-22(9-18(15)29(36)41)34-27(33-21)26-20(2-5-31-28(26)40)32-12-17(37)14-42-25-11-24(39)23(38)10-19(25)30/h2,5,8-11,16-17,37-39H,3-4,6-7,12-14H2,1H3,(H,33,34)(H2,31,32,40)/t17-/m1/s1. The van der Waals surface area contributed by atoms with Crippen molar-refractivity contribution in [3.63, 3.8) is 0 Å². The number of aromatic amines is 2. The number of nitrogens with one attached hydrogen (secondary N) is 3. The number of hydrogen-bond donors (Lipinski definition) is 6. The maximum absolute atomic E-state index is 13.3. The summed E-state index contributed by atoms with van der Waals surface area (Å²) >= 11 is 6.02. The van der Waals surface area contributed by atoms with Gasteiger partial charge in [0.15, 0.2) is 11.5 Å². The van der Waals surface area contributed by atoms with Crippen molar-refractivity contribution in [3.8, 4) is 28.6 Å². The molecule has 2 aliphatic rings. The number of H-pyrrole nitrogens is 2. The SMILES string of the molecule is CN1CCC(N2Cc3cc4nc(-c5c(NC[C@@H](O)COc6cc(O)c(O)cc6Cl)cc[nH]c5=O)[nH]c4cc3C2=O)CC1. The van der Waals surface area contributed by atoms with Gasteiger partial charge in [0.25, 0.3) is 11.5 Å². The molecule has 6 N–H and O–H groups in total. The Kier molecular flexibility index (Phi) is 7.43. The summed E-state index contributed by atoms with van der Waals surface area (Å²) in [6.45, 7) is 2.34. The van der Waals surface area contributed by atoms with Crippen LogP contribution in [-0.4, -0.2) is 91.4 Å². The zero-order valence-corrected chi connectivity index (χ0v) is 23.6. The smallest absolute Gasteiger partial charge is 0.261 e. The first-order valence-electron chi connectivity index (χ1n) is 13.7. The van der Waals surface area contributed by atoms with E-state index in [1.54, 1.807) is 6.07 Å². The Balaban J connectivity index is 1.17. The Morgan fingerprint density at radius 3 is 2.71 bits per heavy atom. The number of carbonyl (C=O) groups excluding carboxylic acids is 1. The van der Waals surface area contributed by atoms with Crippen molar-refractivity contribution in [1.29, 1.82) is 0 Å². The number of phenolic OH excluding ortho intramolecular Hbond substituents is 2. The molecule has 1 saturated heterocycles. The second-order valence-corrected chi connectivity index (χ2v) is 11.2. The molecule has 12 nitrogen and oxygen atoms in total. The number of nitrogens with zero attached hydrogens (tertiary/aromatic N) is 3. The van der Waals surface area contributed by atoms with Gasteiger partial charge in [0.05, 0.1) is 21.7 Å². The van der Waals surface area contributed by atoms with Crippen LogP contribution in [0.15, 0.2) is 41.3 Å². The van der Waals surface area contributed by atoms with Crippen LogP contribution in [0.5, 0.6) is 17.2 Å². The van der Waals surface area contributed by atoms with Crippen LogP contribution in [0.4, 0.5) is 5.69 Å². The van der Waals surface area contributed by atoms with E-state index in [-0.39, 0.29) is 52.7 Å². The lowest BCUT2D eigenvalue weighted by Crippen LogP contribution is -2.43. The van der Waals surface area contributed by atoms with Crippen molar-refractivity contribution < 1.29 is 24.9 Å². The number of aliphatic hydroxyl groups is 1. The summed E-state index contributed by atoms with van der Waals surface area (Å²) in [5.74, 6) is -0.324. The molecule has 0 unspecified atom stereocenters. The summed E-state index contributed by atoms with van der Waals surface area (Å²) in [6.07, 6.45) is 2.39. The lowest BCUT2D eigenvalue weighted by molar-refractivity contribution is 0.0617. The molecule has 1 amide bonds. The van der Waals surface area contributed by atoms with Gasteiger partial charge in [0, 0.05) is 43.0 Å². The Bertz CT molecular complexity index is 1710. The largest absolute Gasteiger partial charge is 0.504 e. The van der Waals surface area contributed by atoms with Gasteiger partial charge >= 0.3 is 0 Å². The van der Waals surface area contributed by atoms with E-state index >= 15 is 0 Å². The van der Waals surface area contributed by atoms with Crippen LogP contribution in [0.2, 0.25) is 5.02 Å². The maximum atomic E-state index is 13.3. The second kappa shape index (κ2) is 11.2. The molecule has 4 aromatic rings. The van der Waals surface area contributed by atoms with Crippen LogP contribution in [0.25, 0.3) is 22.4 Å². The average Bonchev–Trinajstić information content (AvgIpc) is 3.52. The first-order valence-corrected chi connectivity index (χ1v) is 14.1. The minimum absolute atomic E-state index is 0.0218. The number of ether oxygens (including phenoxy) is 1. The van der Waals surface area contributed by atoms with E-state index in [0.717, 1.165) is 43.6 Å². The quantitative estimate of drug-likeness (QED) is 0.168. The molecule has 2 aliphatic heterocycles. The number of pyridine rings is 1. The zero-order valence-electron chi connectivity index (χ0n) is 22.9. The van der Waals surface area contributed by atoms with Gasteiger partial charge in [-0.3, -0.25) is 9.59 Å². The van der Waals surface area contributed by atoms with Crippen LogP contribution in [0.1, 0.15) is 28.8 Å². The number of amides is 1. The molecule has 2 aromatic carbocycles. The number of anilines is 1. The molecule has 0 spiro atoms. The van der Waals surface area contributed by atoms with E-state index in [9.17, 15) is 24.9 Å². The molecule has 2 aromatic heterocycles. The van der Waals surface area contributed by atoms with Gasteiger partial charge in [-0.25, -0.2) is 4.98 Å². The lowest BCUT2D eigenvalue weighted by Gasteiger charge is -2.34. The van der Waals surface area contributed by atoms with Crippen LogP contribution < -0.4 is 15.6 Å². The van der Waals surface area contributed by atoms with Gasteiger partial charge < -0.3 is 45.1 Å². The highest BCUT2D eigenvalue weighted by Crippen LogP contribution is 2.36. The minimum atomic E-state index is -1.01. The van der Waals surface area contributed by atoms with Crippen LogP contribution in [0.3, 0.4) is 0 Å². The van der Waals surface area contributed by atoms with Crippen molar-refractivity contribution in [2.75, 3.05) is 38.6 Å². The van der Waals surface area contributed by atoms with Crippen molar-refractivity contribution in [2.45, 2.75) is 31.5 Å². The van der Waals surface area contributed by atoms with Crippen LogP contribution in [-0.2, 0) is 6.54 Å². The number of imidazole rings is 1. The van der Waals surface area contributed by atoms with Crippen LogP contribution >= 0.6 is 11.6 Å². The number of aromatic hydroxyl groups is 2. The number of phenols is 2. The highest BCUT2D eigenvalue weighted by molar-refractivity contribution is 6.32. The summed E-state index contributed by atoms with van der Waals surface area (Å²) in [7, 11) is 2.10. The number of aliphatic hydroxyl groups excluding tert-OH is 1. The number of piperidine rings is 1. The molecular weight excluding hydrogens is 564 g/mol. The normalized spacial score (nSPS) is 16.6. The number of rotatable bonds is 8. The van der Waals surface area contributed by atoms with E-state index in [2.05, 4.69) is 32.2 Å². The minimum Gasteiger partial charge on any atom is -0.504 e. The van der Waals surface area contributed by atoms with E-state index in [0.29, 0.717) is 34.7 Å². The van der Waals surface area contributed by atoms with Gasteiger partial charge in [0.1, 0.15) is 29.8 Å². The fourth-order valence-corrected chi connectivity index (χ4v) is 5.75. The fourth-order valence-electron chi connectivity index (χ4n) is 5.54. The molecule has 0 aliphatic carbocycles. The molecule has 6 rings (SSSR count). The third kappa shape index (κ3) is 5.36. The molecule has 0 bridgehead atoms. The van der Waals surface area contributed by atoms with E-state index < -0.39 is 11.9 Å². The average molecular weight is 595 g/mol. The van der Waals surface area contributed by atoms with Crippen molar-refractivity contribution >= 4 is 34.2 Å². The number of likely N-dealkylation sites (tertiary alicyclic amines) is 1. The van der Waals surface area contributed by atoms with E-state index in [4.69, 9.17) is 16.3 Å². The molecule has 1 fully saturated rings. The topological polar surface area (TPSA) is 167 Å². The first-order chi connectivity index (χ1) is 20.2. The van der Waals surface area contributed by atoms with Gasteiger partial charge in [-0.1, -0.05) is 11.6 Å². The number of fused-ring (bicyclic) bond motifs is 2. The number of benzene rings is 2. The maximum Gasteiger partial charge on any atom is 0.261 e. The summed E-state index contributed by atoms with van der Waals surface area (Å²) in [5.41, 5.74) is 3.20. The molecule has 0 saturated carbocycles. The van der Waals surface area contributed by atoms with Gasteiger partial charge in [-0.2, -0.15) is 0 Å². The van der Waals surface area contributed by atoms with Crippen LogP contribution in [0, 0.1) is 0 Å². The van der Waals surface area contributed by atoms with Crippen molar-refractivity contribution in [3.05, 3.63) is 63.0 Å². The molecule has 13 heteroatoms. The van der Waals surface area contributed by atoms with Gasteiger partial charge in [-0.05, 0) is 56.7 Å². The van der Waals surface area contributed by atoms with Crippen molar-refractivity contribution in [2.24, 2.45) is 0 Å². The summed E-state index contributed by atoms with van der Waals surface area (Å²) in [6, 6.07) is 7.92. The highest BCUT2D eigenvalue weighted by atomic mass is 35.5. The van der Waals surface area contributed by atoms with Crippen molar-refractivity contribution in [1.82, 2.24) is 24.8 Å². The summed E-state index contributed by atoms with van der Waals surface area (Å²) in [4.78, 5) is 41.0. The Morgan fingerprint density at radius 1 is 1.17 bits per heavy atom. The first kappa shape index (κ1) is 27.9. The fraction of sp³-hybridized carbons (Fsp3) is 0.345. The van der Waals surface area contributed by atoms with Gasteiger partial charge in [0.2, 0.25) is 0 Å². The lowest BCUT2D eigenvalue weighted by atomic mass is 10.0. The number of aromatic nitrogens is 3. The Morgan fingerprint density at radius 2 is 1.93 bits per heavy atom. The van der Waals surface area contributed by atoms with E-state index in [1.807, 2.05) is 17.0 Å². The molecular formula is C29H31ClN6O6. The molecule has 42 heavy (non-hydrogen) atoms. The third-order valence-electron chi connectivity index (χ3n) is 7.85. The third-order valence-corrected chi connectivity index (χ3v) is 8.15. The number of hydrogen-bond acceptors (Lipinski definition) is 9. The summed E-state index contributed by atoms with van der Waals surface area (Å²) < 4.78 is 5.49. The molecule has 220 valence electrons. The number of halogens is 1. The molecule has 4 heterocycles. The van der Waals surface area contributed by atoms with Gasteiger partial charge in [-0.15, -0.1) is 0 Å². The highest BCUT2D eigenvalue weighted by Gasteiger charge is 2.34. The predicted octanol–water partition coefficient (Wildman–Crippen LogP) is 2.88. The molecule has 1 atom stereocenters. The Labute approximate surface area is 245 Å². The predicted molar refractivity (Wildman–Crippen MR) is 157 cm³/mol.